The Morgan fingerprint density at radius 3 is 2.00 bits per heavy atom. The van der Waals surface area contributed by atoms with Gasteiger partial charge in [0.25, 0.3) is 0 Å². The molecule has 2 atom stereocenters. The molecular weight excluding hydrogens is 673 g/mol. The zero-order chi connectivity index (χ0) is 36.6. The number of alkyl carbamates (subject to hydrolysis) is 1. The number of nitrogens with zero attached hydrogens (tertiary/aromatic N) is 4. The predicted octanol–water partition coefficient (Wildman–Crippen LogP) is 9.09. The van der Waals surface area contributed by atoms with Crippen LogP contribution in [0.3, 0.4) is 0 Å². The van der Waals surface area contributed by atoms with Crippen molar-refractivity contribution in [3.05, 3.63) is 93.2 Å². The zero-order valence-corrected chi connectivity index (χ0v) is 32.1. The molecule has 1 unspecified atom stereocenters. The molecule has 9 nitrogen and oxygen atoms in total. The van der Waals surface area contributed by atoms with Crippen LogP contribution in [0, 0.1) is 0 Å². The van der Waals surface area contributed by atoms with Crippen LogP contribution in [0.1, 0.15) is 97.5 Å². The van der Waals surface area contributed by atoms with Crippen molar-refractivity contribution in [3.63, 3.8) is 0 Å². The highest BCUT2D eigenvalue weighted by atomic mass is 35.5. The van der Waals surface area contributed by atoms with Gasteiger partial charge in [-0.05, 0) is 89.8 Å². The molecule has 1 N–H and O–H groups in total. The van der Waals surface area contributed by atoms with Crippen LogP contribution in [0.25, 0.3) is 0 Å². The van der Waals surface area contributed by atoms with Gasteiger partial charge in [-0.25, -0.2) is 9.59 Å². The fraction of sp³-hybridized carbons (Fsp3) is 0.487. The maximum atomic E-state index is 15.2. The van der Waals surface area contributed by atoms with E-state index in [1.54, 1.807) is 6.20 Å². The van der Waals surface area contributed by atoms with E-state index < -0.39 is 22.8 Å². The van der Waals surface area contributed by atoms with Crippen LogP contribution in [-0.4, -0.2) is 64.1 Å². The fourth-order valence-corrected chi connectivity index (χ4v) is 6.94. The molecule has 2 aliphatic rings. The molecule has 1 fully saturated rings. The van der Waals surface area contributed by atoms with E-state index in [4.69, 9.17) is 42.7 Å². The number of hydrogen-bond acceptors (Lipinski definition) is 6. The lowest BCUT2D eigenvalue weighted by molar-refractivity contribution is 0.0479. The summed E-state index contributed by atoms with van der Waals surface area (Å²) >= 11 is 12.8. The highest BCUT2D eigenvalue weighted by Gasteiger charge is 2.60. The van der Waals surface area contributed by atoms with E-state index in [-0.39, 0.29) is 17.5 Å². The lowest BCUT2D eigenvalue weighted by Gasteiger charge is -2.47. The number of benzene rings is 2. The van der Waals surface area contributed by atoms with Crippen LogP contribution in [0.5, 0.6) is 5.75 Å². The van der Waals surface area contributed by atoms with Crippen molar-refractivity contribution in [3.8, 4) is 5.75 Å². The van der Waals surface area contributed by atoms with E-state index in [1.165, 1.54) is 0 Å². The number of pyridine rings is 1. The van der Waals surface area contributed by atoms with Gasteiger partial charge in [-0.1, -0.05) is 68.2 Å². The minimum Gasteiger partial charge on any atom is -0.493 e. The molecule has 0 bridgehead atoms. The quantitative estimate of drug-likeness (QED) is 0.274. The largest absolute Gasteiger partial charge is 0.493 e. The van der Waals surface area contributed by atoms with Gasteiger partial charge in [-0.15, -0.1) is 0 Å². The molecule has 1 saturated heterocycles. The number of carbonyl (C=O) groups excluding carboxylic acids is 2. The molecular formula is C39H49Cl2N5O4. The number of aliphatic imine (C=N–C) groups is 1. The van der Waals surface area contributed by atoms with Gasteiger partial charge in [-0.3, -0.25) is 14.9 Å². The summed E-state index contributed by atoms with van der Waals surface area (Å²) in [7, 11) is 0. The summed E-state index contributed by atoms with van der Waals surface area (Å²) in [4.78, 5) is 41.7. The highest BCUT2D eigenvalue weighted by Crippen LogP contribution is 2.54. The first-order valence-corrected chi connectivity index (χ1v) is 18.0. The normalized spacial score (nSPS) is 21.5. The van der Waals surface area contributed by atoms with Gasteiger partial charge in [0.2, 0.25) is 0 Å². The second-order valence-corrected chi connectivity index (χ2v) is 16.2. The Kier molecular flexibility index (Phi) is 10.5. The number of likely N-dealkylation sites (tertiary alicyclic amines) is 1. The van der Waals surface area contributed by atoms with Crippen LogP contribution in [0.15, 0.2) is 65.8 Å². The number of aromatic nitrogens is 1. The first-order valence-electron chi connectivity index (χ1n) is 17.2. The Morgan fingerprint density at radius 1 is 0.920 bits per heavy atom. The van der Waals surface area contributed by atoms with E-state index in [0.717, 1.165) is 16.8 Å². The molecule has 5 rings (SSSR count). The number of carbonyl (C=O) groups is 2. The summed E-state index contributed by atoms with van der Waals surface area (Å²) in [5.41, 5.74) is 0.346. The van der Waals surface area contributed by atoms with E-state index in [0.29, 0.717) is 59.7 Å². The Balaban J connectivity index is 1.64. The summed E-state index contributed by atoms with van der Waals surface area (Å²) in [6.07, 6.45) is 2.46. The second kappa shape index (κ2) is 14.1. The predicted molar refractivity (Wildman–Crippen MR) is 199 cm³/mol. The summed E-state index contributed by atoms with van der Waals surface area (Å²) < 4.78 is 11.8. The number of rotatable bonds is 6. The van der Waals surface area contributed by atoms with Gasteiger partial charge in [0.05, 0.1) is 12.2 Å². The number of urea groups is 1. The maximum Gasteiger partial charge on any atom is 0.407 e. The van der Waals surface area contributed by atoms with Gasteiger partial charge in [0.1, 0.15) is 28.3 Å². The molecule has 2 aliphatic heterocycles. The van der Waals surface area contributed by atoms with Gasteiger partial charge in [0, 0.05) is 52.5 Å². The van der Waals surface area contributed by atoms with Crippen molar-refractivity contribution in [1.29, 1.82) is 0 Å². The molecule has 3 aromatic rings. The first kappa shape index (κ1) is 37.4. The third-order valence-electron chi connectivity index (χ3n) is 9.60. The van der Waals surface area contributed by atoms with Crippen molar-refractivity contribution >= 4 is 41.2 Å². The third-order valence-corrected chi connectivity index (χ3v) is 10.1. The van der Waals surface area contributed by atoms with Gasteiger partial charge < -0.3 is 19.7 Å². The summed E-state index contributed by atoms with van der Waals surface area (Å²) in [5.74, 6) is 1.05. The van der Waals surface area contributed by atoms with Crippen LogP contribution >= 0.6 is 23.2 Å². The number of ether oxygens (including phenoxy) is 2. The lowest BCUT2D eigenvalue weighted by Crippen LogP contribution is -2.59. The second-order valence-electron chi connectivity index (χ2n) is 15.4. The van der Waals surface area contributed by atoms with E-state index >= 15 is 4.79 Å². The van der Waals surface area contributed by atoms with Crippen LogP contribution in [-0.2, 0) is 21.2 Å². The molecule has 0 spiro atoms. The average Bonchev–Trinajstić information content (AvgIpc) is 3.28. The SMILES string of the molecule is CCOc1cc(C(C)(C)C)ncc1C1=N[C@@](C)(c2ccc(Cl)cc2)C(C)(c2ccc(Cl)cc2)N1C(=O)N1CCC(NC(=O)OC(C)(C)C)CC1. The number of nitrogens with one attached hydrogen (secondary N) is 1. The summed E-state index contributed by atoms with van der Waals surface area (Å²) in [6.45, 7) is 19.1. The van der Waals surface area contributed by atoms with Crippen molar-refractivity contribution < 1.29 is 19.1 Å². The molecule has 0 aliphatic carbocycles. The number of amidine groups is 1. The Morgan fingerprint density at radius 2 is 1.48 bits per heavy atom. The van der Waals surface area contributed by atoms with Crippen molar-refractivity contribution in [1.82, 2.24) is 20.1 Å². The van der Waals surface area contributed by atoms with E-state index in [1.807, 2.05) is 106 Å². The highest BCUT2D eigenvalue weighted by molar-refractivity contribution is 6.30. The van der Waals surface area contributed by atoms with Gasteiger partial charge in [0.15, 0.2) is 0 Å². The van der Waals surface area contributed by atoms with Gasteiger partial charge >= 0.3 is 12.1 Å². The number of hydrogen-bond donors (Lipinski definition) is 1. The first-order chi connectivity index (χ1) is 23.4. The van der Waals surface area contributed by atoms with Crippen LogP contribution < -0.4 is 10.1 Å². The van der Waals surface area contributed by atoms with Crippen LogP contribution in [0.4, 0.5) is 9.59 Å². The Bertz CT molecular complexity index is 1740. The standard InChI is InChI=1S/C39H49Cl2N5O4/c1-10-49-31-23-32(36(2,3)4)42-24-30(31)33-44-38(8,25-11-15-27(40)16-12-25)39(9,26-13-17-28(41)18-14-26)46(33)35(48)45-21-19-29(20-22-45)43-34(47)50-37(5,6)7/h11-18,23-24,29H,10,19-22H2,1-9H3,(H,43,47)/t38-,39?/m0/s1. The molecule has 1 aromatic heterocycles. The number of halogens is 2. The maximum absolute atomic E-state index is 15.2. The average molecular weight is 723 g/mol. The molecule has 268 valence electrons. The number of piperidine rings is 1. The zero-order valence-electron chi connectivity index (χ0n) is 30.6. The molecule has 11 heteroatoms. The molecule has 3 heterocycles. The topological polar surface area (TPSA) is 96.4 Å². The lowest BCUT2D eigenvalue weighted by atomic mass is 9.71. The minimum absolute atomic E-state index is 0.124. The van der Waals surface area contributed by atoms with Crippen LogP contribution in [0.2, 0.25) is 10.0 Å². The fourth-order valence-electron chi connectivity index (χ4n) is 6.69. The Hall–Kier alpha value is -3.82. The third kappa shape index (κ3) is 7.45. The van der Waals surface area contributed by atoms with E-state index in [9.17, 15) is 4.79 Å². The molecule has 3 amide bonds. The summed E-state index contributed by atoms with van der Waals surface area (Å²) in [6, 6.07) is 16.8. The smallest absolute Gasteiger partial charge is 0.407 e. The molecule has 2 aromatic carbocycles. The molecule has 0 saturated carbocycles. The molecule has 50 heavy (non-hydrogen) atoms. The van der Waals surface area contributed by atoms with E-state index in [2.05, 4.69) is 26.1 Å². The number of amides is 3. The van der Waals surface area contributed by atoms with Crippen molar-refractivity contribution in [2.24, 2.45) is 4.99 Å². The van der Waals surface area contributed by atoms with Crippen molar-refractivity contribution in [2.45, 2.75) is 103 Å². The van der Waals surface area contributed by atoms with Crippen molar-refractivity contribution in [2.75, 3.05) is 19.7 Å². The summed E-state index contributed by atoms with van der Waals surface area (Å²) in [5, 5.41) is 4.17. The minimum atomic E-state index is -1.05. The molecule has 0 radical (unpaired) electrons. The van der Waals surface area contributed by atoms with Gasteiger partial charge in [-0.2, -0.15) is 0 Å². The monoisotopic (exact) mass is 721 g/mol. The Labute approximate surface area is 306 Å².